The molecule has 1 amide bonds. The van der Waals surface area contributed by atoms with Gasteiger partial charge in [0.2, 0.25) is 0 Å². The molecule has 144 valence electrons. The molecular formula is C20H18ClN3O3S. The third kappa shape index (κ3) is 4.32. The van der Waals surface area contributed by atoms with Crippen molar-refractivity contribution in [2.45, 2.75) is 18.7 Å². The van der Waals surface area contributed by atoms with Crippen molar-refractivity contribution >= 4 is 38.9 Å². The number of carbonyl (C=O) groups excluding carboxylic acids is 1. The van der Waals surface area contributed by atoms with E-state index in [1.807, 2.05) is 19.9 Å². The Hall–Kier alpha value is -2.90. The Balaban J connectivity index is 1.92. The van der Waals surface area contributed by atoms with E-state index in [0.717, 1.165) is 11.1 Å². The number of nitrogens with zero attached hydrogens (tertiary/aromatic N) is 1. The molecule has 6 nitrogen and oxygen atoms in total. The van der Waals surface area contributed by atoms with Crippen molar-refractivity contribution in [3.05, 3.63) is 82.6 Å². The summed E-state index contributed by atoms with van der Waals surface area (Å²) in [5.41, 5.74) is 2.89. The fourth-order valence-corrected chi connectivity index (χ4v) is 4.20. The summed E-state index contributed by atoms with van der Waals surface area (Å²) in [4.78, 5) is 16.2. The Bertz CT molecular complexity index is 1130. The molecule has 28 heavy (non-hydrogen) atoms. The first-order valence-electron chi connectivity index (χ1n) is 8.38. The highest BCUT2D eigenvalue weighted by Crippen LogP contribution is 2.27. The molecule has 0 aliphatic carbocycles. The summed E-state index contributed by atoms with van der Waals surface area (Å²) in [7, 11) is -3.99. The van der Waals surface area contributed by atoms with Gasteiger partial charge in [-0.1, -0.05) is 23.7 Å². The van der Waals surface area contributed by atoms with Gasteiger partial charge in [0.25, 0.3) is 15.9 Å². The van der Waals surface area contributed by atoms with Crippen LogP contribution in [0.3, 0.4) is 0 Å². The normalized spacial score (nSPS) is 11.1. The lowest BCUT2D eigenvalue weighted by Gasteiger charge is -2.14. The molecular weight excluding hydrogens is 398 g/mol. The average Bonchev–Trinajstić information content (AvgIpc) is 2.66. The van der Waals surface area contributed by atoms with E-state index in [1.54, 1.807) is 30.5 Å². The molecule has 0 radical (unpaired) electrons. The molecule has 1 aromatic heterocycles. The maximum absolute atomic E-state index is 12.9. The molecule has 3 rings (SSSR count). The van der Waals surface area contributed by atoms with E-state index in [1.165, 1.54) is 24.4 Å². The molecule has 2 N–H and O–H groups in total. The number of rotatable bonds is 5. The van der Waals surface area contributed by atoms with Crippen LogP contribution < -0.4 is 10.0 Å². The third-order valence-corrected chi connectivity index (χ3v) is 6.10. The number of hydrogen-bond donors (Lipinski definition) is 2. The topological polar surface area (TPSA) is 88.2 Å². The number of pyridine rings is 1. The van der Waals surface area contributed by atoms with Gasteiger partial charge in [-0.15, -0.1) is 0 Å². The van der Waals surface area contributed by atoms with Crippen LogP contribution in [-0.4, -0.2) is 19.3 Å². The molecule has 8 heteroatoms. The predicted molar refractivity (Wildman–Crippen MR) is 110 cm³/mol. The fraction of sp³-hybridized carbons (Fsp3) is 0.100. The second kappa shape index (κ2) is 8.00. The zero-order valence-electron chi connectivity index (χ0n) is 15.2. The second-order valence-electron chi connectivity index (χ2n) is 6.19. The first-order chi connectivity index (χ1) is 13.3. The molecule has 0 saturated heterocycles. The summed E-state index contributed by atoms with van der Waals surface area (Å²) in [6.45, 7) is 3.72. The molecule has 0 fully saturated rings. The summed E-state index contributed by atoms with van der Waals surface area (Å²) >= 11 is 6.12. The van der Waals surface area contributed by atoms with Crippen LogP contribution in [0.5, 0.6) is 0 Å². The zero-order chi connectivity index (χ0) is 20.3. The number of hydrogen-bond acceptors (Lipinski definition) is 4. The highest BCUT2D eigenvalue weighted by atomic mass is 35.5. The van der Waals surface area contributed by atoms with Gasteiger partial charge < -0.3 is 5.32 Å². The average molecular weight is 416 g/mol. The highest BCUT2D eigenvalue weighted by Gasteiger charge is 2.21. The number of benzene rings is 2. The zero-order valence-corrected chi connectivity index (χ0v) is 16.8. The number of sulfonamides is 1. The van der Waals surface area contributed by atoms with E-state index in [-0.39, 0.29) is 15.5 Å². The van der Waals surface area contributed by atoms with Gasteiger partial charge in [0.15, 0.2) is 0 Å². The largest absolute Gasteiger partial charge is 0.321 e. The maximum Gasteiger partial charge on any atom is 0.263 e. The quantitative estimate of drug-likeness (QED) is 0.646. The monoisotopic (exact) mass is 415 g/mol. The summed E-state index contributed by atoms with van der Waals surface area (Å²) in [6.07, 6.45) is 3.08. The third-order valence-electron chi connectivity index (χ3n) is 4.25. The van der Waals surface area contributed by atoms with Crippen molar-refractivity contribution in [3.8, 4) is 0 Å². The molecule has 3 aromatic rings. The lowest BCUT2D eigenvalue weighted by atomic mass is 10.1. The minimum absolute atomic E-state index is 0.0238. The van der Waals surface area contributed by atoms with Crippen LogP contribution in [0.1, 0.15) is 21.5 Å². The lowest BCUT2D eigenvalue weighted by Crippen LogP contribution is -2.17. The van der Waals surface area contributed by atoms with Gasteiger partial charge in [0.1, 0.15) is 4.90 Å². The first-order valence-corrected chi connectivity index (χ1v) is 10.2. The van der Waals surface area contributed by atoms with Crippen molar-refractivity contribution in [1.29, 1.82) is 0 Å². The van der Waals surface area contributed by atoms with Gasteiger partial charge in [-0.2, -0.15) is 0 Å². The molecule has 0 unspecified atom stereocenters. The number of amides is 1. The van der Waals surface area contributed by atoms with Crippen molar-refractivity contribution in [1.82, 2.24) is 4.98 Å². The van der Waals surface area contributed by atoms with E-state index >= 15 is 0 Å². The van der Waals surface area contributed by atoms with Gasteiger partial charge in [0.05, 0.1) is 22.6 Å². The van der Waals surface area contributed by atoms with Crippen LogP contribution in [0.4, 0.5) is 11.4 Å². The molecule has 0 aliphatic heterocycles. The Morgan fingerprint density at radius 3 is 2.57 bits per heavy atom. The fourth-order valence-electron chi connectivity index (χ4n) is 2.55. The Morgan fingerprint density at radius 2 is 1.86 bits per heavy atom. The molecule has 0 aliphatic rings. The number of aromatic nitrogens is 1. The van der Waals surface area contributed by atoms with Crippen LogP contribution in [0, 0.1) is 13.8 Å². The summed E-state index contributed by atoms with van der Waals surface area (Å²) < 4.78 is 28.3. The SMILES string of the molecule is Cc1cccc(NS(=O)(=O)c2cc(C(=O)Nc3cccnc3)ccc2Cl)c1C. The predicted octanol–water partition coefficient (Wildman–Crippen LogP) is 4.40. The van der Waals surface area contributed by atoms with E-state index in [0.29, 0.717) is 11.4 Å². The van der Waals surface area contributed by atoms with Crippen LogP contribution in [-0.2, 0) is 10.0 Å². The lowest BCUT2D eigenvalue weighted by molar-refractivity contribution is 0.102. The van der Waals surface area contributed by atoms with Gasteiger partial charge in [-0.05, 0) is 61.4 Å². The second-order valence-corrected chi connectivity index (χ2v) is 8.25. The maximum atomic E-state index is 12.9. The highest BCUT2D eigenvalue weighted by molar-refractivity contribution is 7.92. The Morgan fingerprint density at radius 1 is 1.07 bits per heavy atom. The molecule has 2 aromatic carbocycles. The van der Waals surface area contributed by atoms with Crippen LogP contribution >= 0.6 is 11.6 Å². The summed E-state index contributed by atoms with van der Waals surface area (Å²) in [5, 5.41) is 2.69. The molecule has 0 bridgehead atoms. The van der Waals surface area contributed by atoms with E-state index in [2.05, 4.69) is 15.0 Å². The van der Waals surface area contributed by atoms with Crippen LogP contribution in [0.25, 0.3) is 0 Å². The molecule has 0 atom stereocenters. The molecule has 1 heterocycles. The number of anilines is 2. The molecule has 0 spiro atoms. The summed E-state index contributed by atoms with van der Waals surface area (Å²) in [6, 6.07) is 12.8. The Labute approximate surface area is 168 Å². The van der Waals surface area contributed by atoms with Gasteiger partial charge in [0, 0.05) is 11.8 Å². The smallest absolute Gasteiger partial charge is 0.263 e. The number of nitrogens with one attached hydrogen (secondary N) is 2. The van der Waals surface area contributed by atoms with E-state index in [4.69, 9.17) is 11.6 Å². The van der Waals surface area contributed by atoms with Crippen LogP contribution in [0.15, 0.2) is 65.8 Å². The van der Waals surface area contributed by atoms with Crippen LogP contribution in [0.2, 0.25) is 5.02 Å². The number of carbonyl (C=O) groups is 1. The van der Waals surface area contributed by atoms with E-state index in [9.17, 15) is 13.2 Å². The Kier molecular flexibility index (Phi) is 5.67. The minimum Gasteiger partial charge on any atom is -0.321 e. The van der Waals surface area contributed by atoms with Gasteiger partial charge >= 0.3 is 0 Å². The number of halogens is 1. The van der Waals surface area contributed by atoms with Gasteiger partial charge in [-0.25, -0.2) is 8.42 Å². The van der Waals surface area contributed by atoms with Crippen molar-refractivity contribution in [3.63, 3.8) is 0 Å². The number of aryl methyl sites for hydroxylation is 1. The minimum atomic E-state index is -3.99. The van der Waals surface area contributed by atoms with E-state index < -0.39 is 15.9 Å². The van der Waals surface area contributed by atoms with Gasteiger partial charge in [-0.3, -0.25) is 14.5 Å². The van der Waals surface area contributed by atoms with Crippen molar-refractivity contribution in [2.75, 3.05) is 10.0 Å². The molecule has 0 saturated carbocycles. The standard InChI is InChI=1S/C20H18ClN3O3S/c1-13-5-3-7-18(14(13)2)24-28(26,27)19-11-15(8-9-17(19)21)20(25)23-16-6-4-10-22-12-16/h3-12,24H,1-2H3,(H,23,25). The summed E-state index contributed by atoms with van der Waals surface area (Å²) in [5.74, 6) is -0.465. The van der Waals surface area contributed by atoms with Crippen molar-refractivity contribution in [2.24, 2.45) is 0 Å². The first kappa shape index (κ1) is 19.9. The van der Waals surface area contributed by atoms with Crippen molar-refractivity contribution < 1.29 is 13.2 Å².